The smallest absolute Gasteiger partial charge is 0.410 e. The number of nitrogens with one attached hydrogen (secondary N) is 1. The van der Waals surface area contributed by atoms with Gasteiger partial charge in [0.2, 0.25) is 0 Å². The van der Waals surface area contributed by atoms with Crippen LogP contribution >= 0.6 is 0 Å². The summed E-state index contributed by atoms with van der Waals surface area (Å²) < 4.78 is 5.50. The molecule has 2 heterocycles. The third-order valence-electron chi connectivity index (χ3n) is 4.79. The van der Waals surface area contributed by atoms with Crippen molar-refractivity contribution in [1.29, 1.82) is 0 Å². The Labute approximate surface area is 148 Å². The van der Waals surface area contributed by atoms with E-state index in [9.17, 15) is 4.79 Å². The number of amides is 1. The van der Waals surface area contributed by atoms with Gasteiger partial charge in [-0.1, -0.05) is 36.4 Å². The van der Waals surface area contributed by atoms with Crippen LogP contribution in [0.25, 0.3) is 0 Å². The van der Waals surface area contributed by atoms with Gasteiger partial charge in [0, 0.05) is 18.8 Å². The second-order valence-electron chi connectivity index (χ2n) is 6.79. The molecule has 130 valence electrons. The Hall–Kier alpha value is -2.56. The van der Waals surface area contributed by atoms with Gasteiger partial charge in [0.05, 0.1) is 6.04 Å². The Bertz CT molecular complexity index is 713. The SMILES string of the molecule is O=C(OCc1ccccc1)N1CCC[C@H]1c1ccc(NC2CC2)nc1. The summed E-state index contributed by atoms with van der Waals surface area (Å²) in [6, 6.07) is 14.5. The van der Waals surface area contributed by atoms with E-state index in [1.54, 1.807) is 0 Å². The molecular weight excluding hydrogens is 314 g/mol. The first-order chi connectivity index (χ1) is 12.3. The average molecular weight is 337 g/mol. The van der Waals surface area contributed by atoms with Gasteiger partial charge in [0.1, 0.15) is 12.4 Å². The number of likely N-dealkylation sites (tertiary alicyclic amines) is 1. The van der Waals surface area contributed by atoms with E-state index in [1.807, 2.05) is 47.5 Å². The van der Waals surface area contributed by atoms with E-state index in [0.29, 0.717) is 12.6 Å². The van der Waals surface area contributed by atoms with Crippen LogP contribution in [0.1, 0.15) is 42.9 Å². The van der Waals surface area contributed by atoms with Crippen molar-refractivity contribution < 1.29 is 9.53 Å². The Morgan fingerprint density at radius 1 is 1.16 bits per heavy atom. The number of rotatable bonds is 5. The molecule has 2 fully saturated rings. The van der Waals surface area contributed by atoms with Gasteiger partial charge in [-0.25, -0.2) is 9.78 Å². The molecule has 5 nitrogen and oxygen atoms in total. The molecule has 1 aromatic carbocycles. The minimum atomic E-state index is -0.244. The van der Waals surface area contributed by atoms with E-state index < -0.39 is 0 Å². The normalized spacial score (nSPS) is 19.7. The number of pyridine rings is 1. The molecule has 1 aliphatic carbocycles. The number of hydrogen-bond donors (Lipinski definition) is 1. The van der Waals surface area contributed by atoms with Crippen LogP contribution < -0.4 is 5.32 Å². The molecule has 1 aromatic heterocycles. The van der Waals surface area contributed by atoms with Crippen molar-refractivity contribution in [3.63, 3.8) is 0 Å². The van der Waals surface area contributed by atoms with Crippen LogP contribution in [0.2, 0.25) is 0 Å². The maximum absolute atomic E-state index is 12.5. The van der Waals surface area contributed by atoms with Gasteiger partial charge in [0.15, 0.2) is 0 Å². The molecule has 0 bridgehead atoms. The molecule has 4 rings (SSSR count). The zero-order valence-electron chi connectivity index (χ0n) is 14.2. The summed E-state index contributed by atoms with van der Waals surface area (Å²) in [6.45, 7) is 1.05. The molecule has 1 aliphatic heterocycles. The lowest BCUT2D eigenvalue weighted by Crippen LogP contribution is -2.31. The number of hydrogen-bond acceptors (Lipinski definition) is 4. The number of ether oxygens (including phenoxy) is 1. The van der Waals surface area contributed by atoms with Gasteiger partial charge in [-0.2, -0.15) is 0 Å². The second-order valence-corrected chi connectivity index (χ2v) is 6.79. The summed E-state index contributed by atoms with van der Waals surface area (Å²) in [5.74, 6) is 0.919. The number of benzene rings is 1. The molecule has 0 spiro atoms. The van der Waals surface area contributed by atoms with Crippen molar-refractivity contribution in [2.75, 3.05) is 11.9 Å². The lowest BCUT2D eigenvalue weighted by atomic mass is 10.1. The molecule has 2 aliphatic rings. The largest absolute Gasteiger partial charge is 0.445 e. The molecular formula is C20H23N3O2. The van der Waals surface area contributed by atoms with Crippen molar-refractivity contribution in [3.8, 4) is 0 Å². The molecule has 0 radical (unpaired) electrons. The first kappa shape index (κ1) is 15.9. The van der Waals surface area contributed by atoms with Gasteiger partial charge in [0.25, 0.3) is 0 Å². The number of carbonyl (C=O) groups is 1. The van der Waals surface area contributed by atoms with Crippen LogP contribution in [0.3, 0.4) is 0 Å². The predicted octanol–water partition coefficient (Wildman–Crippen LogP) is 4.13. The van der Waals surface area contributed by atoms with Crippen molar-refractivity contribution in [2.45, 2.75) is 44.4 Å². The standard InChI is InChI=1S/C20H23N3O2/c24-20(25-14-15-5-2-1-3-6-15)23-12-4-7-18(23)16-8-11-19(21-13-16)22-17-9-10-17/h1-3,5-6,8,11,13,17-18H,4,7,9-10,12,14H2,(H,21,22)/t18-/m0/s1. The fraction of sp³-hybridized carbons (Fsp3) is 0.400. The molecule has 25 heavy (non-hydrogen) atoms. The van der Waals surface area contributed by atoms with Crippen LogP contribution in [0.4, 0.5) is 10.6 Å². The Morgan fingerprint density at radius 2 is 2.00 bits per heavy atom. The van der Waals surface area contributed by atoms with E-state index in [2.05, 4.69) is 16.4 Å². The maximum atomic E-state index is 12.5. The van der Waals surface area contributed by atoms with E-state index in [-0.39, 0.29) is 12.1 Å². The highest BCUT2D eigenvalue weighted by atomic mass is 16.6. The summed E-state index contributed by atoms with van der Waals surface area (Å²) in [5, 5.41) is 3.39. The summed E-state index contributed by atoms with van der Waals surface area (Å²) in [6.07, 6.45) is 6.05. The second kappa shape index (κ2) is 7.13. The molecule has 5 heteroatoms. The van der Waals surface area contributed by atoms with Crippen LogP contribution in [0.5, 0.6) is 0 Å². The molecule has 0 unspecified atom stereocenters. The summed E-state index contributed by atoms with van der Waals surface area (Å²) in [5.41, 5.74) is 2.08. The third kappa shape index (κ3) is 3.92. The van der Waals surface area contributed by atoms with Gasteiger partial charge in [-0.3, -0.25) is 0 Å². The molecule has 2 aromatic rings. The molecule has 1 saturated heterocycles. The van der Waals surface area contributed by atoms with E-state index in [1.165, 1.54) is 12.8 Å². The van der Waals surface area contributed by atoms with Gasteiger partial charge < -0.3 is 15.0 Å². The summed E-state index contributed by atoms with van der Waals surface area (Å²) in [4.78, 5) is 18.8. The van der Waals surface area contributed by atoms with E-state index in [4.69, 9.17) is 4.74 Å². The average Bonchev–Trinajstić information content (AvgIpc) is 3.33. The molecule has 1 amide bonds. The van der Waals surface area contributed by atoms with E-state index >= 15 is 0 Å². The first-order valence-electron chi connectivity index (χ1n) is 8.99. The minimum absolute atomic E-state index is 0.0609. The lowest BCUT2D eigenvalue weighted by molar-refractivity contribution is 0.0920. The Balaban J connectivity index is 1.38. The monoisotopic (exact) mass is 337 g/mol. The molecule has 1 N–H and O–H groups in total. The topological polar surface area (TPSA) is 54.5 Å². The maximum Gasteiger partial charge on any atom is 0.410 e. The molecule has 1 atom stereocenters. The summed E-state index contributed by atoms with van der Waals surface area (Å²) in [7, 11) is 0. The van der Waals surface area contributed by atoms with Gasteiger partial charge >= 0.3 is 6.09 Å². The fourth-order valence-electron chi connectivity index (χ4n) is 3.26. The number of anilines is 1. The quantitative estimate of drug-likeness (QED) is 0.891. The van der Waals surface area contributed by atoms with E-state index in [0.717, 1.165) is 36.3 Å². The highest BCUT2D eigenvalue weighted by molar-refractivity contribution is 5.68. The molecule has 1 saturated carbocycles. The number of nitrogens with zero attached hydrogens (tertiary/aromatic N) is 2. The third-order valence-corrected chi connectivity index (χ3v) is 4.79. The van der Waals surface area contributed by atoms with Crippen LogP contribution in [-0.2, 0) is 11.3 Å². The van der Waals surface area contributed by atoms with Crippen LogP contribution in [0, 0.1) is 0 Å². The van der Waals surface area contributed by atoms with Crippen molar-refractivity contribution >= 4 is 11.9 Å². The number of carbonyl (C=O) groups excluding carboxylic acids is 1. The van der Waals surface area contributed by atoms with Crippen LogP contribution in [-0.4, -0.2) is 28.6 Å². The summed E-state index contributed by atoms with van der Waals surface area (Å²) >= 11 is 0. The zero-order chi connectivity index (χ0) is 17.1. The van der Waals surface area contributed by atoms with Crippen molar-refractivity contribution in [3.05, 3.63) is 59.8 Å². The Morgan fingerprint density at radius 3 is 2.72 bits per heavy atom. The highest BCUT2D eigenvalue weighted by Gasteiger charge is 2.31. The minimum Gasteiger partial charge on any atom is -0.445 e. The zero-order valence-corrected chi connectivity index (χ0v) is 14.2. The lowest BCUT2D eigenvalue weighted by Gasteiger charge is -2.24. The van der Waals surface area contributed by atoms with Gasteiger partial charge in [-0.15, -0.1) is 0 Å². The fourth-order valence-corrected chi connectivity index (χ4v) is 3.26. The van der Waals surface area contributed by atoms with Gasteiger partial charge in [-0.05, 0) is 42.9 Å². The highest BCUT2D eigenvalue weighted by Crippen LogP contribution is 2.33. The Kier molecular flexibility index (Phi) is 4.55. The number of aromatic nitrogens is 1. The van der Waals surface area contributed by atoms with Crippen molar-refractivity contribution in [2.24, 2.45) is 0 Å². The first-order valence-corrected chi connectivity index (χ1v) is 8.99. The van der Waals surface area contributed by atoms with Crippen molar-refractivity contribution in [1.82, 2.24) is 9.88 Å². The predicted molar refractivity (Wildman–Crippen MR) is 96.2 cm³/mol. The van der Waals surface area contributed by atoms with Crippen LogP contribution in [0.15, 0.2) is 48.7 Å².